The number of benzene rings is 1. The number of aromatic amines is 1. The number of hydrogen-bond acceptors (Lipinski definition) is 4. The third kappa shape index (κ3) is 5.29. The molecule has 0 aliphatic carbocycles. The number of pyridine rings is 1. The molecule has 1 atom stereocenters. The van der Waals surface area contributed by atoms with Gasteiger partial charge in [-0.2, -0.15) is 13.2 Å². The summed E-state index contributed by atoms with van der Waals surface area (Å²) in [6.45, 7) is 0.110. The molecule has 1 saturated heterocycles. The van der Waals surface area contributed by atoms with Crippen LogP contribution in [0, 0.1) is 0 Å². The van der Waals surface area contributed by atoms with Crippen LogP contribution in [0.4, 0.5) is 13.2 Å². The first kappa shape index (κ1) is 21.6. The summed E-state index contributed by atoms with van der Waals surface area (Å²) in [6, 6.07) is 7.37. The predicted molar refractivity (Wildman–Crippen MR) is 104 cm³/mol. The van der Waals surface area contributed by atoms with Crippen LogP contribution in [-0.4, -0.2) is 35.3 Å². The second-order valence-corrected chi connectivity index (χ2v) is 6.86. The lowest BCUT2D eigenvalue weighted by atomic mass is 9.98. The van der Waals surface area contributed by atoms with E-state index in [9.17, 15) is 22.8 Å². The zero-order chi connectivity index (χ0) is 21.7. The van der Waals surface area contributed by atoms with E-state index in [1.165, 1.54) is 18.2 Å². The van der Waals surface area contributed by atoms with Crippen LogP contribution in [0.3, 0.4) is 0 Å². The average molecular weight is 422 g/mol. The van der Waals surface area contributed by atoms with Crippen molar-refractivity contribution in [3.05, 3.63) is 69.6 Å². The number of aliphatic hydroxyl groups is 1. The summed E-state index contributed by atoms with van der Waals surface area (Å²) in [5.74, 6) is -0.0303. The number of aromatic nitrogens is 1. The number of amides is 1. The van der Waals surface area contributed by atoms with E-state index in [0.717, 1.165) is 12.1 Å². The number of aliphatic hydroxyl groups excluding tert-OH is 1. The molecule has 0 radical (unpaired) electrons. The molecule has 1 aliphatic heterocycles. The lowest BCUT2D eigenvalue weighted by Crippen LogP contribution is -2.23. The van der Waals surface area contributed by atoms with Gasteiger partial charge in [-0.05, 0) is 36.2 Å². The summed E-state index contributed by atoms with van der Waals surface area (Å²) in [7, 11) is 0. The fraction of sp³-hybridized carbons (Fsp3) is 0.333. The minimum Gasteiger partial charge on any atom is -0.488 e. The van der Waals surface area contributed by atoms with E-state index in [0.29, 0.717) is 36.1 Å². The van der Waals surface area contributed by atoms with E-state index in [4.69, 9.17) is 9.84 Å². The molecule has 160 valence electrons. The maximum atomic E-state index is 12.9. The highest BCUT2D eigenvalue weighted by molar-refractivity contribution is 5.82. The molecule has 0 saturated carbocycles. The number of halogens is 3. The Labute approximate surface area is 170 Å². The predicted octanol–water partition coefficient (Wildman–Crippen LogP) is 2.87. The summed E-state index contributed by atoms with van der Waals surface area (Å²) in [5, 5.41) is 11.6. The van der Waals surface area contributed by atoms with Gasteiger partial charge in [0.1, 0.15) is 0 Å². The topological polar surface area (TPSA) is 91.4 Å². The molecule has 1 fully saturated rings. The monoisotopic (exact) mass is 422 g/mol. The highest BCUT2D eigenvalue weighted by Crippen LogP contribution is 2.31. The highest BCUT2D eigenvalue weighted by atomic mass is 19.4. The second kappa shape index (κ2) is 9.17. The summed E-state index contributed by atoms with van der Waals surface area (Å²) < 4.78 is 44.0. The van der Waals surface area contributed by atoms with Crippen molar-refractivity contribution in [2.24, 2.45) is 0 Å². The Morgan fingerprint density at radius 2 is 1.90 bits per heavy atom. The second-order valence-electron chi connectivity index (χ2n) is 6.86. The standard InChI is InChI=1S/C21H21F3N2O4/c22-21(23,24)14-4-2-13(3-5-14)16(12-15-6-9-19(28)25-15)17-7-8-18(20(29)26-17)30-11-1-10-27/h2-5,7-8,12,15,27H,1,6,9-11H2,(H,25,28)(H,26,29)/b16-12-/t15-/m1/s1. The first-order valence-corrected chi connectivity index (χ1v) is 9.44. The highest BCUT2D eigenvalue weighted by Gasteiger charge is 2.30. The van der Waals surface area contributed by atoms with Gasteiger partial charge in [-0.3, -0.25) is 9.59 Å². The van der Waals surface area contributed by atoms with Crippen molar-refractivity contribution in [1.29, 1.82) is 0 Å². The van der Waals surface area contributed by atoms with Crippen LogP contribution in [0.25, 0.3) is 5.57 Å². The van der Waals surface area contributed by atoms with Crippen LogP contribution in [-0.2, 0) is 11.0 Å². The van der Waals surface area contributed by atoms with Crippen LogP contribution in [0.5, 0.6) is 5.75 Å². The van der Waals surface area contributed by atoms with Gasteiger partial charge in [0.25, 0.3) is 5.56 Å². The number of rotatable bonds is 7. The third-order valence-electron chi connectivity index (χ3n) is 4.64. The van der Waals surface area contributed by atoms with Crippen LogP contribution in [0.1, 0.15) is 36.1 Å². The van der Waals surface area contributed by atoms with E-state index < -0.39 is 17.3 Å². The first-order chi connectivity index (χ1) is 14.3. The van der Waals surface area contributed by atoms with Crippen molar-refractivity contribution < 1.29 is 27.8 Å². The Bertz CT molecular complexity index is 981. The van der Waals surface area contributed by atoms with Gasteiger partial charge in [-0.25, -0.2) is 0 Å². The van der Waals surface area contributed by atoms with E-state index >= 15 is 0 Å². The fourth-order valence-corrected chi connectivity index (χ4v) is 3.12. The zero-order valence-electron chi connectivity index (χ0n) is 16.0. The molecule has 1 aromatic carbocycles. The lowest BCUT2D eigenvalue weighted by molar-refractivity contribution is -0.137. The number of nitrogens with one attached hydrogen (secondary N) is 2. The molecule has 2 heterocycles. The fourth-order valence-electron chi connectivity index (χ4n) is 3.12. The number of ether oxygens (including phenoxy) is 1. The summed E-state index contributed by atoms with van der Waals surface area (Å²) in [5.41, 5.74) is 0.0682. The van der Waals surface area contributed by atoms with Gasteiger partial charge >= 0.3 is 6.18 Å². The number of hydrogen-bond donors (Lipinski definition) is 3. The molecule has 1 amide bonds. The van der Waals surface area contributed by atoms with Crippen molar-refractivity contribution in [1.82, 2.24) is 10.3 Å². The minimum absolute atomic E-state index is 0.0656. The van der Waals surface area contributed by atoms with Gasteiger partial charge < -0.3 is 20.1 Å². The largest absolute Gasteiger partial charge is 0.488 e. The van der Waals surface area contributed by atoms with Crippen LogP contribution in [0.2, 0.25) is 0 Å². The Balaban J connectivity index is 1.96. The van der Waals surface area contributed by atoms with E-state index in [1.54, 1.807) is 12.1 Å². The Hall–Kier alpha value is -3.07. The summed E-state index contributed by atoms with van der Waals surface area (Å²) in [4.78, 5) is 26.6. The maximum absolute atomic E-state index is 12.9. The molecule has 30 heavy (non-hydrogen) atoms. The zero-order valence-corrected chi connectivity index (χ0v) is 16.0. The quantitative estimate of drug-likeness (QED) is 0.599. The van der Waals surface area contributed by atoms with E-state index in [2.05, 4.69) is 10.3 Å². The van der Waals surface area contributed by atoms with Gasteiger partial charge in [0.2, 0.25) is 5.91 Å². The molecular weight excluding hydrogens is 401 g/mol. The molecule has 0 spiro atoms. The molecule has 9 heteroatoms. The molecule has 0 bridgehead atoms. The molecule has 1 aromatic heterocycles. The number of H-pyrrole nitrogens is 1. The van der Waals surface area contributed by atoms with E-state index in [1.807, 2.05) is 0 Å². The van der Waals surface area contributed by atoms with Crippen molar-refractivity contribution in [3.8, 4) is 5.75 Å². The third-order valence-corrected chi connectivity index (χ3v) is 4.64. The number of alkyl halides is 3. The molecule has 3 N–H and O–H groups in total. The van der Waals surface area contributed by atoms with E-state index in [-0.39, 0.29) is 30.9 Å². The van der Waals surface area contributed by atoms with Crippen molar-refractivity contribution in [3.63, 3.8) is 0 Å². The average Bonchev–Trinajstić information content (AvgIpc) is 3.12. The maximum Gasteiger partial charge on any atom is 0.416 e. The Morgan fingerprint density at radius 3 is 2.47 bits per heavy atom. The Kier molecular flexibility index (Phi) is 6.61. The number of carbonyl (C=O) groups is 1. The van der Waals surface area contributed by atoms with Gasteiger partial charge in [0.15, 0.2) is 5.75 Å². The summed E-state index contributed by atoms with van der Waals surface area (Å²) >= 11 is 0. The smallest absolute Gasteiger partial charge is 0.416 e. The lowest BCUT2D eigenvalue weighted by Gasteiger charge is -2.14. The molecule has 1 aliphatic rings. The van der Waals surface area contributed by atoms with Crippen LogP contribution in [0.15, 0.2) is 47.3 Å². The summed E-state index contributed by atoms with van der Waals surface area (Å²) in [6.07, 6.45) is -1.45. The number of carbonyl (C=O) groups excluding carboxylic acids is 1. The first-order valence-electron chi connectivity index (χ1n) is 9.44. The van der Waals surface area contributed by atoms with Crippen molar-refractivity contribution in [2.75, 3.05) is 13.2 Å². The Morgan fingerprint density at radius 1 is 1.17 bits per heavy atom. The van der Waals surface area contributed by atoms with Crippen molar-refractivity contribution in [2.45, 2.75) is 31.5 Å². The van der Waals surface area contributed by atoms with Crippen molar-refractivity contribution >= 4 is 11.5 Å². The minimum atomic E-state index is -4.45. The van der Waals surface area contributed by atoms with Gasteiger partial charge in [0, 0.05) is 36.8 Å². The molecule has 0 unspecified atom stereocenters. The van der Waals surface area contributed by atoms with Crippen LogP contribution < -0.4 is 15.6 Å². The SMILES string of the molecule is O=C1CC[C@H](/C=C(/c2ccc(C(F)(F)F)cc2)c2ccc(OCCCO)c(=O)[nH]2)N1. The molecular formula is C21H21F3N2O4. The van der Waals surface area contributed by atoms with Gasteiger partial charge in [-0.15, -0.1) is 0 Å². The molecule has 3 rings (SSSR count). The van der Waals surface area contributed by atoms with Gasteiger partial charge in [-0.1, -0.05) is 18.2 Å². The van der Waals surface area contributed by atoms with Crippen LogP contribution >= 0.6 is 0 Å². The molecule has 6 nitrogen and oxygen atoms in total. The molecule has 2 aromatic rings. The normalized spacial score (nSPS) is 17.1. The van der Waals surface area contributed by atoms with Gasteiger partial charge in [0.05, 0.1) is 12.2 Å².